The highest BCUT2D eigenvalue weighted by molar-refractivity contribution is 5.73. The number of hydrogen-bond donors (Lipinski definition) is 0. The molecule has 0 spiro atoms. The van der Waals surface area contributed by atoms with E-state index in [1.54, 1.807) is 0 Å². The van der Waals surface area contributed by atoms with Crippen molar-refractivity contribution in [2.24, 2.45) is 0 Å². The van der Waals surface area contributed by atoms with Crippen molar-refractivity contribution in [3.05, 3.63) is 133 Å². The molecule has 1 atom stereocenters. The highest BCUT2D eigenvalue weighted by Crippen LogP contribution is 2.33. The Morgan fingerprint density at radius 3 is 1.58 bits per heavy atom. The first-order valence-electron chi connectivity index (χ1n) is 11.5. The Kier molecular flexibility index (Phi) is 6.08. The molecule has 0 fully saturated rings. The molecule has 1 aliphatic carbocycles. The van der Waals surface area contributed by atoms with Gasteiger partial charge in [0.05, 0.1) is 6.04 Å². The molecule has 1 unspecified atom stereocenters. The second-order valence-corrected chi connectivity index (χ2v) is 8.31. The Morgan fingerprint density at radius 2 is 1.03 bits per heavy atom. The molecule has 0 bridgehead atoms. The van der Waals surface area contributed by atoms with Gasteiger partial charge in [-0.2, -0.15) is 0 Å². The van der Waals surface area contributed by atoms with Crippen LogP contribution in [0.5, 0.6) is 0 Å². The quantitative estimate of drug-likeness (QED) is 0.306. The summed E-state index contributed by atoms with van der Waals surface area (Å²) in [6, 6.07) is 39.1. The third kappa shape index (κ3) is 4.61. The van der Waals surface area contributed by atoms with E-state index >= 15 is 0 Å². The number of hydrogen-bond acceptors (Lipinski definition) is 2. The Labute approximate surface area is 196 Å². The average molecular weight is 429 g/mol. The molecule has 0 aliphatic heterocycles. The fourth-order valence-corrected chi connectivity index (χ4v) is 4.37. The Bertz CT molecular complexity index is 1220. The van der Waals surface area contributed by atoms with Crippen LogP contribution in [0.4, 0.5) is 22.7 Å². The standard InChI is InChI=1S/C31H28N2/c1-32(27-11-5-2-6-12-27)28-21-17-25(18-22-28)26-19-23-31(24-20-26)33(29-13-7-3-8-14-29)30-15-9-4-10-16-30/h2-15,17-24,30H,16H2,1H3. The van der Waals surface area contributed by atoms with Crippen molar-refractivity contribution in [3.8, 4) is 11.1 Å². The summed E-state index contributed by atoms with van der Waals surface area (Å²) in [5.41, 5.74) is 7.22. The van der Waals surface area contributed by atoms with E-state index in [1.807, 2.05) is 6.07 Å². The molecule has 0 saturated heterocycles. The topological polar surface area (TPSA) is 6.48 Å². The van der Waals surface area contributed by atoms with Crippen LogP contribution < -0.4 is 9.80 Å². The van der Waals surface area contributed by atoms with Crippen LogP contribution in [-0.2, 0) is 0 Å². The summed E-state index contributed by atoms with van der Waals surface area (Å²) >= 11 is 0. The molecule has 33 heavy (non-hydrogen) atoms. The maximum atomic E-state index is 2.42. The summed E-state index contributed by atoms with van der Waals surface area (Å²) < 4.78 is 0. The Balaban J connectivity index is 1.39. The van der Waals surface area contributed by atoms with Crippen molar-refractivity contribution in [1.29, 1.82) is 0 Å². The van der Waals surface area contributed by atoms with Crippen molar-refractivity contribution < 1.29 is 0 Å². The lowest BCUT2D eigenvalue weighted by atomic mass is 10.0. The van der Waals surface area contributed by atoms with Crippen LogP contribution in [0.25, 0.3) is 11.1 Å². The van der Waals surface area contributed by atoms with Crippen LogP contribution in [0, 0.1) is 0 Å². The van der Waals surface area contributed by atoms with E-state index in [0.717, 1.165) is 6.42 Å². The number of para-hydroxylation sites is 2. The van der Waals surface area contributed by atoms with Crippen LogP contribution in [0.15, 0.2) is 133 Å². The predicted octanol–water partition coefficient (Wildman–Crippen LogP) is 8.14. The average Bonchev–Trinajstić information content (AvgIpc) is 2.91. The van der Waals surface area contributed by atoms with Crippen molar-refractivity contribution in [1.82, 2.24) is 0 Å². The largest absolute Gasteiger partial charge is 0.345 e. The second-order valence-electron chi connectivity index (χ2n) is 8.31. The second kappa shape index (κ2) is 9.62. The van der Waals surface area contributed by atoms with Crippen molar-refractivity contribution in [2.75, 3.05) is 16.8 Å². The molecule has 0 N–H and O–H groups in total. The Hall–Kier alpha value is -4.04. The van der Waals surface area contributed by atoms with Gasteiger partial charge in [0.25, 0.3) is 0 Å². The van der Waals surface area contributed by atoms with Gasteiger partial charge in [-0.3, -0.25) is 0 Å². The highest BCUT2D eigenvalue weighted by Gasteiger charge is 2.18. The smallest absolute Gasteiger partial charge is 0.0559 e. The number of anilines is 4. The minimum absolute atomic E-state index is 0.316. The zero-order valence-corrected chi connectivity index (χ0v) is 18.9. The van der Waals surface area contributed by atoms with Gasteiger partial charge in [0, 0.05) is 29.8 Å². The lowest BCUT2D eigenvalue weighted by molar-refractivity contribution is 0.785. The molecule has 4 aromatic rings. The van der Waals surface area contributed by atoms with E-state index in [9.17, 15) is 0 Å². The van der Waals surface area contributed by atoms with Gasteiger partial charge in [-0.25, -0.2) is 0 Å². The summed E-state index contributed by atoms with van der Waals surface area (Å²) in [5.74, 6) is 0. The fourth-order valence-electron chi connectivity index (χ4n) is 4.37. The minimum atomic E-state index is 0.316. The maximum Gasteiger partial charge on any atom is 0.0559 e. The number of benzene rings is 4. The normalized spacial score (nSPS) is 14.8. The van der Waals surface area contributed by atoms with Gasteiger partial charge in [-0.1, -0.05) is 85.0 Å². The molecule has 5 rings (SSSR count). The van der Waals surface area contributed by atoms with Crippen molar-refractivity contribution in [2.45, 2.75) is 12.5 Å². The molecule has 1 aliphatic rings. The van der Waals surface area contributed by atoms with E-state index < -0.39 is 0 Å². The fraction of sp³-hybridized carbons (Fsp3) is 0.0968. The Morgan fingerprint density at radius 1 is 0.545 bits per heavy atom. The van der Waals surface area contributed by atoms with E-state index in [0.29, 0.717) is 6.04 Å². The van der Waals surface area contributed by atoms with Gasteiger partial charge in [0.1, 0.15) is 0 Å². The third-order valence-corrected chi connectivity index (χ3v) is 6.20. The molecular weight excluding hydrogens is 400 g/mol. The highest BCUT2D eigenvalue weighted by atomic mass is 15.2. The van der Waals surface area contributed by atoms with Crippen LogP contribution in [0.3, 0.4) is 0 Å². The van der Waals surface area contributed by atoms with Gasteiger partial charge in [-0.15, -0.1) is 0 Å². The van der Waals surface area contributed by atoms with Crippen molar-refractivity contribution >= 4 is 22.7 Å². The molecule has 0 amide bonds. The maximum absolute atomic E-state index is 2.42. The first kappa shape index (κ1) is 20.8. The lowest BCUT2D eigenvalue weighted by Crippen LogP contribution is -2.29. The SMILES string of the molecule is CN(c1ccccc1)c1ccc(-c2ccc(N(c3ccccc3)C3C=CC=CC3)cc2)cc1. The van der Waals surface area contributed by atoms with Gasteiger partial charge >= 0.3 is 0 Å². The van der Waals surface area contributed by atoms with Gasteiger partial charge < -0.3 is 9.80 Å². The van der Waals surface area contributed by atoms with Gasteiger partial charge in [0.15, 0.2) is 0 Å². The summed E-state index contributed by atoms with van der Waals surface area (Å²) in [6.45, 7) is 0. The zero-order valence-electron chi connectivity index (χ0n) is 18.9. The van der Waals surface area contributed by atoms with Crippen LogP contribution in [-0.4, -0.2) is 13.1 Å². The van der Waals surface area contributed by atoms with Crippen molar-refractivity contribution in [3.63, 3.8) is 0 Å². The molecule has 0 aromatic heterocycles. The van der Waals surface area contributed by atoms with E-state index in [-0.39, 0.29) is 0 Å². The summed E-state index contributed by atoms with van der Waals surface area (Å²) in [5, 5.41) is 0. The van der Waals surface area contributed by atoms with Crippen LogP contribution in [0.2, 0.25) is 0 Å². The zero-order chi connectivity index (χ0) is 22.5. The lowest BCUT2D eigenvalue weighted by Gasteiger charge is -2.32. The molecule has 0 saturated carbocycles. The molecule has 2 nitrogen and oxygen atoms in total. The molecule has 4 aromatic carbocycles. The molecular formula is C31H28N2. The molecule has 0 heterocycles. The molecule has 2 heteroatoms. The number of rotatable bonds is 6. The van der Waals surface area contributed by atoms with Crippen LogP contribution in [0.1, 0.15) is 6.42 Å². The molecule has 0 radical (unpaired) electrons. The first-order chi connectivity index (χ1) is 16.3. The van der Waals surface area contributed by atoms with E-state index in [4.69, 9.17) is 0 Å². The van der Waals surface area contributed by atoms with E-state index in [2.05, 4.69) is 144 Å². The van der Waals surface area contributed by atoms with Gasteiger partial charge in [-0.05, 0) is 66.1 Å². The summed E-state index contributed by atoms with van der Waals surface area (Å²) in [7, 11) is 2.10. The summed E-state index contributed by atoms with van der Waals surface area (Å²) in [4.78, 5) is 4.62. The van der Waals surface area contributed by atoms with Gasteiger partial charge in [0.2, 0.25) is 0 Å². The summed E-state index contributed by atoms with van der Waals surface area (Å²) in [6.07, 6.45) is 9.80. The van der Waals surface area contributed by atoms with Crippen LogP contribution >= 0.6 is 0 Å². The number of allylic oxidation sites excluding steroid dienone is 2. The molecule has 162 valence electrons. The third-order valence-electron chi connectivity index (χ3n) is 6.20. The minimum Gasteiger partial charge on any atom is -0.345 e. The monoisotopic (exact) mass is 428 g/mol. The number of nitrogens with zero attached hydrogens (tertiary/aromatic N) is 2. The predicted molar refractivity (Wildman–Crippen MR) is 142 cm³/mol. The van der Waals surface area contributed by atoms with E-state index in [1.165, 1.54) is 33.9 Å². The first-order valence-corrected chi connectivity index (χ1v) is 11.5.